The van der Waals surface area contributed by atoms with Gasteiger partial charge in [0.15, 0.2) is 0 Å². The molecule has 0 aliphatic heterocycles. The van der Waals surface area contributed by atoms with Gasteiger partial charge in [-0.05, 0) is 45.4 Å². The maximum atomic E-state index is 11.6. The summed E-state index contributed by atoms with van der Waals surface area (Å²) in [5.41, 5.74) is 17.4. The molecular weight excluding hydrogens is 274 g/mol. The SMILES string of the molecule is CCOC(=O)C(N)C[C@@H]1CC[C@]1(N)C[C@H](N)C(=O)OCC. The first kappa shape index (κ1) is 17.9. The Hall–Kier alpha value is -1.18. The molecule has 7 nitrogen and oxygen atoms in total. The molecule has 4 atom stereocenters. The lowest BCUT2D eigenvalue weighted by atomic mass is 9.62. The van der Waals surface area contributed by atoms with Crippen LogP contribution in [0.15, 0.2) is 0 Å². The van der Waals surface area contributed by atoms with Gasteiger partial charge in [0.2, 0.25) is 0 Å². The summed E-state index contributed by atoms with van der Waals surface area (Å²) in [6, 6.07) is -1.42. The maximum Gasteiger partial charge on any atom is 0.322 e. The molecule has 0 spiro atoms. The predicted octanol–water partition coefficient (Wildman–Crippen LogP) is -0.345. The fraction of sp³-hybridized carbons (Fsp3) is 0.857. The number of hydrogen-bond donors (Lipinski definition) is 3. The van der Waals surface area contributed by atoms with E-state index < -0.39 is 29.6 Å². The molecule has 0 aromatic carbocycles. The average molecular weight is 301 g/mol. The summed E-state index contributed by atoms with van der Waals surface area (Å²) in [6.45, 7) is 4.06. The zero-order valence-electron chi connectivity index (χ0n) is 12.8. The highest BCUT2D eigenvalue weighted by molar-refractivity contribution is 5.76. The van der Waals surface area contributed by atoms with E-state index in [9.17, 15) is 9.59 Å². The number of nitrogens with two attached hydrogens (primary N) is 3. The molecule has 0 saturated heterocycles. The molecule has 0 bridgehead atoms. The van der Waals surface area contributed by atoms with Crippen LogP contribution in [0.3, 0.4) is 0 Å². The molecule has 1 unspecified atom stereocenters. The molecule has 122 valence electrons. The molecular formula is C14H27N3O4. The molecule has 1 aliphatic carbocycles. The summed E-state index contributed by atoms with van der Waals surface area (Å²) < 4.78 is 9.78. The smallest absolute Gasteiger partial charge is 0.322 e. The van der Waals surface area contributed by atoms with Crippen LogP contribution in [-0.2, 0) is 19.1 Å². The third-order valence-electron chi connectivity index (χ3n) is 4.09. The minimum atomic E-state index is -0.739. The summed E-state index contributed by atoms with van der Waals surface area (Å²) in [5.74, 6) is -0.790. The Morgan fingerprint density at radius 3 is 2.10 bits per heavy atom. The molecule has 21 heavy (non-hydrogen) atoms. The quantitative estimate of drug-likeness (QED) is 0.522. The van der Waals surface area contributed by atoms with E-state index in [1.807, 2.05) is 0 Å². The minimum Gasteiger partial charge on any atom is -0.465 e. The van der Waals surface area contributed by atoms with Crippen molar-refractivity contribution in [3.63, 3.8) is 0 Å². The van der Waals surface area contributed by atoms with E-state index in [1.165, 1.54) is 0 Å². The van der Waals surface area contributed by atoms with Gasteiger partial charge in [-0.1, -0.05) is 0 Å². The van der Waals surface area contributed by atoms with E-state index in [2.05, 4.69) is 0 Å². The summed E-state index contributed by atoms with van der Waals surface area (Å²) in [7, 11) is 0. The van der Waals surface area contributed by atoms with Gasteiger partial charge < -0.3 is 26.7 Å². The van der Waals surface area contributed by atoms with E-state index in [-0.39, 0.29) is 5.92 Å². The standard InChI is InChI=1S/C14H27N3O4/c1-3-20-12(18)10(15)7-9-5-6-14(9,17)8-11(16)13(19)21-4-2/h9-11H,3-8,15-17H2,1-2H3/t9-,10?,11-,14-/m0/s1. The van der Waals surface area contributed by atoms with Crippen molar-refractivity contribution in [1.82, 2.24) is 0 Å². The predicted molar refractivity (Wildman–Crippen MR) is 78.1 cm³/mol. The van der Waals surface area contributed by atoms with Crippen LogP contribution in [0.1, 0.15) is 39.5 Å². The molecule has 0 heterocycles. The van der Waals surface area contributed by atoms with Crippen molar-refractivity contribution in [3.8, 4) is 0 Å². The van der Waals surface area contributed by atoms with Gasteiger partial charge in [0, 0.05) is 5.54 Å². The molecule has 1 rings (SSSR count). The van der Waals surface area contributed by atoms with E-state index >= 15 is 0 Å². The maximum absolute atomic E-state index is 11.6. The van der Waals surface area contributed by atoms with Gasteiger partial charge in [-0.2, -0.15) is 0 Å². The van der Waals surface area contributed by atoms with Crippen molar-refractivity contribution in [2.75, 3.05) is 13.2 Å². The number of ether oxygens (including phenoxy) is 2. The molecule has 1 saturated carbocycles. The second-order valence-electron chi connectivity index (χ2n) is 5.63. The van der Waals surface area contributed by atoms with E-state index in [0.29, 0.717) is 26.1 Å². The van der Waals surface area contributed by atoms with Crippen molar-refractivity contribution in [2.45, 2.75) is 57.2 Å². The fourth-order valence-corrected chi connectivity index (χ4v) is 2.73. The van der Waals surface area contributed by atoms with Gasteiger partial charge in [-0.15, -0.1) is 0 Å². The Labute approximate surface area is 125 Å². The van der Waals surface area contributed by atoms with Crippen LogP contribution >= 0.6 is 0 Å². The molecule has 0 radical (unpaired) electrons. The first-order valence-corrected chi connectivity index (χ1v) is 7.47. The molecule has 1 fully saturated rings. The lowest BCUT2D eigenvalue weighted by Gasteiger charge is -2.48. The van der Waals surface area contributed by atoms with E-state index in [4.69, 9.17) is 26.7 Å². The third kappa shape index (κ3) is 4.66. The molecule has 7 heteroatoms. The molecule has 0 aromatic heterocycles. The summed E-state index contributed by atoms with van der Waals surface area (Å²) >= 11 is 0. The Bertz CT molecular complexity index is 377. The Morgan fingerprint density at radius 2 is 1.67 bits per heavy atom. The lowest BCUT2D eigenvalue weighted by molar-refractivity contribution is -0.147. The highest BCUT2D eigenvalue weighted by atomic mass is 16.5. The zero-order chi connectivity index (χ0) is 16.0. The van der Waals surface area contributed by atoms with Crippen LogP contribution in [0.5, 0.6) is 0 Å². The van der Waals surface area contributed by atoms with Crippen molar-refractivity contribution in [3.05, 3.63) is 0 Å². The van der Waals surface area contributed by atoms with Crippen LogP contribution in [0, 0.1) is 5.92 Å². The number of carbonyl (C=O) groups excluding carboxylic acids is 2. The van der Waals surface area contributed by atoms with Gasteiger partial charge in [0.1, 0.15) is 12.1 Å². The highest BCUT2D eigenvalue weighted by Crippen LogP contribution is 2.42. The number of esters is 2. The van der Waals surface area contributed by atoms with Gasteiger partial charge in [-0.25, -0.2) is 0 Å². The zero-order valence-corrected chi connectivity index (χ0v) is 12.8. The minimum absolute atomic E-state index is 0.0670. The van der Waals surface area contributed by atoms with Crippen LogP contribution in [0.4, 0.5) is 0 Å². The summed E-state index contributed by atoms with van der Waals surface area (Å²) in [4.78, 5) is 23.1. The van der Waals surface area contributed by atoms with Gasteiger partial charge >= 0.3 is 11.9 Å². The van der Waals surface area contributed by atoms with Crippen molar-refractivity contribution < 1.29 is 19.1 Å². The van der Waals surface area contributed by atoms with Crippen LogP contribution in [-0.4, -0.2) is 42.8 Å². The molecule has 0 aromatic rings. The second kappa shape index (κ2) is 7.72. The monoisotopic (exact) mass is 301 g/mol. The average Bonchev–Trinajstić information content (AvgIpc) is 2.43. The van der Waals surface area contributed by atoms with Crippen molar-refractivity contribution in [2.24, 2.45) is 23.1 Å². The van der Waals surface area contributed by atoms with Crippen LogP contribution in [0.25, 0.3) is 0 Å². The van der Waals surface area contributed by atoms with E-state index in [1.54, 1.807) is 13.8 Å². The lowest BCUT2D eigenvalue weighted by Crippen LogP contribution is -2.60. The van der Waals surface area contributed by atoms with Crippen LogP contribution < -0.4 is 17.2 Å². The number of rotatable bonds is 8. The van der Waals surface area contributed by atoms with Gasteiger partial charge in [0.05, 0.1) is 13.2 Å². The van der Waals surface area contributed by atoms with Crippen molar-refractivity contribution in [1.29, 1.82) is 0 Å². The summed E-state index contributed by atoms with van der Waals surface area (Å²) in [5, 5.41) is 0. The molecule has 1 aliphatic rings. The van der Waals surface area contributed by atoms with E-state index in [0.717, 1.165) is 12.8 Å². The topological polar surface area (TPSA) is 131 Å². The molecule has 0 amide bonds. The fourth-order valence-electron chi connectivity index (χ4n) is 2.73. The van der Waals surface area contributed by atoms with Gasteiger partial charge in [-0.3, -0.25) is 9.59 Å². The Kier molecular flexibility index (Phi) is 6.57. The Balaban J connectivity index is 2.51. The number of hydrogen-bond acceptors (Lipinski definition) is 7. The third-order valence-corrected chi connectivity index (χ3v) is 4.09. The Morgan fingerprint density at radius 1 is 1.14 bits per heavy atom. The largest absolute Gasteiger partial charge is 0.465 e. The van der Waals surface area contributed by atoms with Crippen molar-refractivity contribution >= 4 is 11.9 Å². The normalized spacial score (nSPS) is 27.4. The van der Waals surface area contributed by atoms with Crippen LogP contribution in [0.2, 0.25) is 0 Å². The summed E-state index contributed by atoms with van der Waals surface area (Å²) in [6.07, 6.45) is 2.43. The molecule has 6 N–H and O–H groups in total. The first-order chi connectivity index (χ1) is 9.84. The second-order valence-corrected chi connectivity index (χ2v) is 5.63. The number of carbonyl (C=O) groups is 2. The first-order valence-electron chi connectivity index (χ1n) is 7.47. The highest BCUT2D eigenvalue weighted by Gasteiger charge is 2.46. The van der Waals surface area contributed by atoms with Gasteiger partial charge in [0.25, 0.3) is 0 Å².